The van der Waals surface area contributed by atoms with E-state index in [-0.39, 0.29) is 22.1 Å². The number of aryl methyl sites for hydroxylation is 2. The van der Waals surface area contributed by atoms with E-state index >= 15 is 0 Å². The van der Waals surface area contributed by atoms with E-state index in [2.05, 4.69) is 9.71 Å². The highest BCUT2D eigenvalue weighted by Gasteiger charge is 2.30. The number of hydrogen-bond donors (Lipinski definition) is 1. The first-order chi connectivity index (χ1) is 14.8. The number of sulfonamides is 1. The number of carbonyl (C=O) groups is 1. The van der Waals surface area contributed by atoms with Gasteiger partial charge in [0.2, 0.25) is 0 Å². The number of aromatic nitrogens is 1. The number of furan rings is 1. The van der Waals surface area contributed by atoms with Gasteiger partial charge in [-0.05, 0) is 62.9 Å². The quantitative estimate of drug-likeness (QED) is 0.640. The third-order valence-electron chi connectivity index (χ3n) is 5.96. The summed E-state index contributed by atoms with van der Waals surface area (Å²) in [4.78, 5) is 19.1. The predicted molar refractivity (Wildman–Crippen MR) is 120 cm³/mol. The molecule has 1 amide bonds. The van der Waals surface area contributed by atoms with Crippen LogP contribution >= 0.6 is 0 Å². The van der Waals surface area contributed by atoms with E-state index in [9.17, 15) is 13.2 Å². The van der Waals surface area contributed by atoms with Crippen LogP contribution in [0.1, 0.15) is 52.9 Å². The number of pyridine rings is 1. The SMILES string of the molecule is Cc1cc2c(C)c(C(=O)N3CCCCCC3)oc2c(S(=O)(=O)Nc2cccnc2)c1C. The fraction of sp³-hybridized carbons (Fsp3) is 0.391. The van der Waals surface area contributed by atoms with Crippen molar-refractivity contribution >= 4 is 32.6 Å². The molecule has 0 saturated carbocycles. The molecule has 31 heavy (non-hydrogen) atoms. The van der Waals surface area contributed by atoms with E-state index in [1.54, 1.807) is 25.3 Å². The number of anilines is 1. The van der Waals surface area contributed by atoms with E-state index in [0.29, 0.717) is 35.3 Å². The molecule has 0 atom stereocenters. The first kappa shape index (κ1) is 21.4. The number of nitrogens with one attached hydrogen (secondary N) is 1. The lowest BCUT2D eigenvalue weighted by molar-refractivity contribution is 0.0731. The van der Waals surface area contributed by atoms with Crippen LogP contribution in [-0.2, 0) is 10.0 Å². The minimum Gasteiger partial charge on any atom is -0.449 e. The molecule has 0 unspecified atom stereocenters. The van der Waals surface area contributed by atoms with Gasteiger partial charge in [-0.1, -0.05) is 12.8 Å². The van der Waals surface area contributed by atoms with Crippen LogP contribution in [0.3, 0.4) is 0 Å². The van der Waals surface area contributed by atoms with Crippen LogP contribution in [0.25, 0.3) is 11.0 Å². The van der Waals surface area contributed by atoms with Crippen molar-refractivity contribution in [1.82, 2.24) is 9.88 Å². The van der Waals surface area contributed by atoms with Crippen LogP contribution < -0.4 is 4.72 Å². The lowest BCUT2D eigenvalue weighted by Crippen LogP contribution is -2.31. The van der Waals surface area contributed by atoms with Crippen molar-refractivity contribution in [3.05, 3.63) is 53.0 Å². The molecule has 0 radical (unpaired) electrons. The van der Waals surface area contributed by atoms with Crippen molar-refractivity contribution in [1.29, 1.82) is 0 Å². The summed E-state index contributed by atoms with van der Waals surface area (Å²) in [7, 11) is -3.96. The normalized spacial score (nSPS) is 15.1. The van der Waals surface area contributed by atoms with Crippen LogP contribution in [-0.4, -0.2) is 37.3 Å². The molecule has 3 aromatic rings. The summed E-state index contributed by atoms with van der Waals surface area (Å²) in [6, 6.07) is 5.19. The van der Waals surface area contributed by atoms with Gasteiger partial charge in [0.1, 0.15) is 4.90 Å². The van der Waals surface area contributed by atoms with Crippen molar-refractivity contribution in [2.45, 2.75) is 51.3 Å². The molecule has 2 aromatic heterocycles. The number of nitrogens with zero attached hydrogens (tertiary/aromatic N) is 2. The first-order valence-corrected chi connectivity index (χ1v) is 12.0. The molecule has 0 bridgehead atoms. The number of carbonyl (C=O) groups excluding carboxylic acids is 1. The average molecular weight is 442 g/mol. The zero-order valence-corrected chi connectivity index (χ0v) is 18.9. The maximum atomic E-state index is 13.3. The van der Waals surface area contributed by atoms with Gasteiger partial charge >= 0.3 is 0 Å². The summed E-state index contributed by atoms with van der Waals surface area (Å²) in [5.41, 5.74) is 2.66. The van der Waals surface area contributed by atoms with Gasteiger partial charge in [-0.3, -0.25) is 14.5 Å². The highest BCUT2D eigenvalue weighted by Crippen LogP contribution is 2.36. The highest BCUT2D eigenvalue weighted by molar-refractivity contribution is 7.93. The summed E-state index contributed by atoms with van der Waals surface area (Å²) in [6.07, 6.45) is 7.19. The fourth-order valence-corrected chi connectivity index (χ4v) is 5.61. The highest BCUT2D eigenvalue weighted by atomic mass is 32.2. The Balaban J connectivity index is 1.83. The third-order valence-corrected chi connectivity index (χ3v) is 7.50. The molecule has 1 fully saturated rings. The molecule has 1 aliphatic heterocycles. The molecule has 1 aromatic carbocycles. The lowest BCUT2D eigenvalue weighted by atomic mass is 10.0. The minimum absolute atomic E-state index is 0.0596. The van der Waals surface area contributed by atoms with Crippen LogP contribution in [0.15, 0.2) is 39.9 Å². The molecule has 1 aliphatic rings. The molecule has 1 N–H and O–H groups in total. The van der Waals surface area contributed by atoms with Crippen LogP contribution in [0, 0.1) is 20.8 Å². The molecule has 0 aliphatic carbocycles. The van der Waals surface area contributed by atoms with Gasteiger partial charge in [-0.25, -0.2) is 8.42 Å². The van der Waals surface area contributed by atoms with Gasteiger partial charge in [0.25, 0.3) is 15.9 Å². The van der Waals surface area contributed by atoms with Gasteiger partial charge < -0.3 is 9.32 Å². The Morgan fingerprint density at radius 3 is 2.45 bits per heavy atom. The minimum atomic E-state index is -3.96. The van der Waals surface area contributed by atoms with E-state index in [4.69, 9.17) is 4.42 Å². The van der Waals surface area contributed by atoms with Crippen LogP contribution in [0.2, 0.25) is 0 Å². The number of amides is 1. The van der Waals surface area contributed by atoms with Crippen LogP contribution in [0.4, 0.5) is 5.69 Å². The van der Waals surface area contributed by atoms with Gasteiger partial charge in [-0.2, -0.15) is 0 Å². The summed E-state index contributed by atoms with van der Waals surface area (Å²) in [5.74, 6) is 0.0502. The number of likely N-dealkylation sites (tertiary alicyclic amines) is 1. The first-order valence-electron chi connectivity index (χ1n) is 10.5. The lowest BCUT2D eigenvalue weighted by Gasteiger charge is -2.19. The molecule has 4 rings (SSSR count). The predicted octanol–water partition coefficient (Wildman–Crippen LogP) is 4.57. The standard InChI is InChI=1S/C23H27N3O4S/c1-15-13-19-17(3)20(23(27)26-11-6-4-5-7-12-26)30-21(19)22(16(15)2)31(28,29)25-18-9-8-10-24-14-18/h8-10,13-14,25H,4-7,11-12H2,1-3H3. The largest absolute Gasteiger partial charge is 0.449 e. The van der Waals surface area contributed by atoms with Crippen molar-refractivity contribution in [2.24, 2.45) is 0 Å². The molecular weight excluding hydrogens is 414 g/mol. The van der Waals surface area contributed by atoms with Gasteiger partial charge in [0.15, 0.2) is 11.3 Å². The Bertz CT molecular complexity index is 1220. The summed E-state index contributed by atoms with van der Waals surface area (Å²) < 4.78 is 35.3. The fourth-order valence-electron chi connectivity index (χ4n) is 4.12. The van der Waals surface area contributed by atoms with Crippen molar-refractivity contribution in [2.75, 3.05) is 17.8 Å². The molecule has 1 saturated heterocycles. The zero-order valence-electron chi connectivity index (χ0n) is 18.1. The molecule has 8 heteroatoms. The number of rotatable bonds is 4. The number of hydrogen-bond acceptors (Lipinski definition) is 5. The Kier molecular flexibility index (Phi) is 5.75. The average Bonchev–Trinajstić information content (AvgIpc) is 2.91. The topological polar surface area (TPSA) is 92.5 Å². The Hall–Kier alpha value is -2.87. The van der Waals surface area contributed by atoms with E-state index in [1.165, 1.54) is 6.20 Å². The van der Waals surface area contributed by atoms with Gasteiger partial charge in [0, 0.05) is 30.2 Å². The van der Waals surface area contributed by atoms with E-state index in [1.807, 2.05) is 24.8 Å². The molecule has 0 spiro atoms. The summed E-state index contributed by atoms with van der Waals surface area (Å²) in [6.45, 7) is 6.82. The molecular formula is C23H27N3O4S. The smallest absolute Gasteiger partial charge is 0.289 e. The Morgan fingerprint density at radius 1 is 1.10 bits per heavy atom. The Morgan fingerprint density at radius 2 is 1.81 bits per heavy atom. The Labute approximate surface area is 182 Å². The second-order valence-corrected chi connectivity index (χ2v) is 9.75. The second kappa shape index (κ2) is 8.34. The molecule has 7 nitrogen and oxygen atoms in total. The van der Waals surface area contributed by atoms with E-state index in [0.717, 1.165) is 31.2 Å². The van der Waals surface area contributed by atoms with Crippen molar-refractivity contribution in [3.8, 4) is 0 Å². The zero-order chi connectivity index (χ0) is 22.2. The number of benzene rings is 1. The van der Waals surface area contributed by atoms with Gasteiger partial charge in [-0.15, -0.1) is 0 Å². The monoisotopic (exact) mass is 441 g/mol. The van der Waals surface area contributed by atoms with Crippen molar-refractivity contribution < 1.29 is 17.6 Å². The van der Waals surface area contributed by atoms with E-state index < -0.39 is 10.0 Å². The molecule has 3 heterocycles. The summed E-state index contributed by atoms with van der Waals surface area (Å²) >= 11 is 0. The second-order valence-electron chi connectivity index (χ2n) is 8.13. The van der Waals surface area contributed by atoms with Crippen molar-refractivity contribution in [3.63, 3.8) is 0 Å². The third kappa shape index (κ3) is 4.04. The van der Waals surface area contributed by atoms with Gasteiger partial charge in [0.05, 0.1) is 11.9 Å². The maximum absolute atomic E-state index is 13.3. The number of fused-ring (bicyclic) bond motifs is 1. The summed E-state index contributed by atoms with van der Waals surface area (Å²) in [5, 5.41) is 0.646. The molecule has 164 valence electrons. The van der Waals surface area contributed by atoms with Crippen LogP contribution in [0.5, 0.6) is 0 Å². The maximum Gasteiger partial charge on any atom is 0.289 e.